The van der Waals surface area contributed by atoms with Gasteiger partial charge in [-0.05, 0) is 67.2 Å². The summed E-state index contributed by atoms with van der Waals surface area (Å²) in [6.07, 6.45) is 1.89. The monoisotopic (exact) mass is 388 g/mol. The average Bonchev–Trinajstić information content (AvgIpc) is 2.73. The van der Waals surface area contributed by atoms with E-state index in [1.54, 1.807) is 31.3 Å². The predicted octanol–water partition coefficient (Wildman–Crippen LogP) is 3.05. The largest absolute Gasteiger partial charge is 0.380 e. The molecule has 1 aliphatic rings. The molecular weight excluding hydrogens is 362 g/mol. The van der Waals surface area contributed by atoms with Gasteiger partial charge in [0.25, 0.3) is 0 Å². The van der Waals surface area contributed by atoms with Gasteiger partial charge in [-0.25, -0.2) is 8.78 Å². The molecule has 0 aromatic heterocycles. The number of hydrogen-bond donors (Lipinski definition) is 2. The molecule has 0 radical (unpaired) electrons. The van der Waals surface area contributed by atoms with E-state index in [1.165, 1.54) is 24.3 Å². The second kappa shape index (κ2) is 8.80. The summed E-state index contributed by atoms with van der Waals surface area (Å²) in [7, 11) is 1.63. The number of amides is 1. The first-order valence-electron chi connectivity index (χ1n) is 9.61. The maximum absolute atomic E-state index is 13.4. The van der Waals surface area contributed by atoms with Crippen molar-refractivity contribution in [3.8, 4) is 0 Å². The highest BCUT2D eigenvalue weighted by Crippen LogP contribution is 2.42. The molecule has 1 fully saturated rings. The number of nitrogens with one attached hydrogen (secondary N) is 1. The van der Waals surface area contributed by atoms with Crippen molar-refractivity contribution in [2.24, 2.45) is 5.92 Å². The van der Waals surface area contributed by atoms with Crippen LogP contribution in [0.4, 0.5) is 8.78 Å². The SMILES string of the molecule is CNC(=O)CCN1CCC(C(O)(c2ccc(F)cc2)c2ccc(F)cc2)CC1. The number of rotatable bonds is 6. The summed E-state index contributed by atoms with van der Waals surface area (Å²) >= 11 is 0. The first-order chi connectivity index (χ1) is 13.4. The zero-order valence-corrected chi connectivity index (χ0v) is 16.0. The lowest BCUT2D eigenvalue weighted by atomic mass is 9.72. The molecule has 2 aromatic rings. The van der Waals surface area contributed by atoms with Gasteiger partial charge in [0.05, 0.1) is 0 Å². The van der Waals surface area contributed by atoms with Crippen molar-refractivity contribution in [1.82, 2.24) is 10.2 Å². The zero-order chi connectivity index (χ0) is 20.1. The molecule has 0 atom stereocenters. The molecule has 150 valence electrons. The van der Waals surface area contributed by atoms with Crippen molar-refractivity contribution in [1.29, 1.82) is 0 Å². The molecule has 0 saturated carbocycles. The molecule has 4 nitrogen and oxygen atoms in total. The summed E-state index contributed by atoms with van der Waals surface area (Å²) in [4.78, 5) is 13.7. The van der Waals surface area contributed by atoms with E-state index in [4.69, 9.17) is 0 Å². The Labute approximate surface area is 164 Å². The van der Waals surface area contributed by atoms with Gasteiger partial charge < -0.3 is 15.3 Å². The molecule has 0 unspecified atom stereocenters. The van der Waals surface area contributed by atoms with Crippen molar-refractivity contribution in [3.63, 3.8) is 0 Å². The number of piperidine rings is 1. The molecular formula is C22H26F2N2O2. The Bertz CT molecular complexity index is 740. The maximum Gasteiger partial charge on any atom is 0.221 e. The first kappa shape index (κ1) is 20.4. The summed E-state index contributed by atoms with van der Waals surface area (Å²) in [6, 6.07) is 11.7. The molecule has 0 bridgehead atoms. The number of carbonyl (C=O) groups excluding carboxylic acids is 1. The topological polar surface area (TPSA) is 52.6 Å². The van der Waals surface area contributed by atoms with Crippen LogP contribution in [-0.2, 0) is 10.4 Å². The maximum atomic E-state index is 13.4. The molecule has 1 aliphatic heterocycles. The van der Waals surface area contributed by atoms with Crippen molar-refractivity contribution in [2.45, 2.75) is 24.9 Å². The van der Waals surface area contributed by atoms with E-state index in [2.05, 4.69) is 10.2 Å². The third-order valence-electron chi connectivity index (χ3n) is 5.68. The van der Waals surface area contributed by atoms with Gasteiger partial charge in [0.15, 0.2) is 0 Å². The Morgan fingerprint density at radius 3 is 1.93 bits per heavy atom. The van der Waals surface area contributed by atoms with Crippen LogP contribution in [0.1, 0.15) is 30.4 Å². The smallest absolute Gasteiger partial charge is 0.221 e. The number of aliphatic hydroxyl groups is 1. The molecule has 1 saturated heterocycles. The summed E-state index contributed by atoms with van der Waals surface area (Å²) in [5.41, 5.74) is -0.123. The summed E-state index contributed by atoms with van der Waals surface area (Å²) in [5.74, 6) is -0.820. The Morgan fingerprint density at radius 2 is 1.50 bits per heavy atom. The van der Waals surface area contributed by atoms with E-state index in [9.17, 15) is 18.7 Å². The fraction of sp³-hybridized carbons (Fsp3) is 0.409. The van der Waals surface area contributed by atoms with Gasteiger partial charge in [-0.1, -0.05) is 24.3 Å². The molecule has 28 heavy (non-hydrogen) atoms. The Balaban J connectivity index is 1.81. The molecule has 6 heteroatoms. The van der Waals surface area contributed by atoms with Crippen molar-refractivity contribution in [2.75, 3.05) is 26.7 Å². The van der Waals surface area contributed by atoms with E-state index < -0.39 is 5.60 Å². The van der Waals surface area contributed by atoms with Gasteiger partial charge >= 0.3 is 0 Å². The van der Waals surface area contributed by atoms with Gasteiger partial charge in [0.2, 0.25) is 5.91 Å². The van der Waals surface area contributed by atoms with Crippen LogP contribution < -0.4 is 5.32 Å². The van der Waals surface area contributed by atoms with Crippen LogP contribution in [0.3, 0.4) is 0 Å². The van der Waals surface area contributed by atoms with Gasteiger partial charge in [0, 0.05) is 20.0 Å². The third kappa shape index (κ3) is 4.39. The molecule has 1 heterocycles. The number of carbonyl (C=O) groups is 1. The Hall–Kier alpha value is -2.31. The zero-order valence-electron chi connectivity index (χ0n) is 16.0. The molecule has 2 N–H and O–H groups in total. The third-order valence-corrected chi connectivity index (χ3v) is 5.68. The number of halogens is 2. The van der Waals surface area contributed by atoms with Gasteiger partial charge in [-0.15, -0.1) is 0 Å². The highest BCUT2D eigenvalue weighted by atomic mass is 19.1. The van der Waals surface area contributed by atoms with Crippen LogP contribution in [-0.4, -0.2) is 42.6 Å². The van der Waals surface area contributed by atoms with E-state index in [0.29, 0.717) is 24.1 Å². The van der Waals surface area contributed by atoms with E-state index >= 15 is 0 Å². The van der Waals surface area contributed by atoms with E-state index in [1.807, 2.05) is 0 Å². The molecule has 2 aromatic carbocycles. The lowest BCUT2D eigenvalue weighted by Gasteiger charge is -2.42. The van der Waals surface area contributed by atoms with Crippen LogP contribution in [0.25, 0.3) is 0 Å². The highest BCUT2D eigenvalue weighted by Gasteiger charge is 2.41. The number of likely N-dealkylation sites (tertiary alicyclic amines) is 1. The van der Waals surface area contributed by atoms with Crippen molar-refractivity contribution in [3.05, 3.63) is 71.3 Å². The Morgan fingerprint density at radius 1 is 1.04 bits per heavy atom. The number of nitrogens with zero attached hydrogens (tertiary/aromatic N) is 1. The van der Waals surface area contributed by atoms with E-state index in [-0.39, 0.29) is 23.5 Å². The highest BCUT2D eigenvalue weighted by molar-refractivity contribution is 5.75. The second-order valence-electron chi connectivity index (χ2n) is 7.32. The summed E-state index contributed by atoms with van der Waals surface area (Å²) < 4.78 is 26.9. The predicted molar refractivity (Wildman–Crippen MR) is 104 cm³/mol. The molecule has 3 rings (SSSR count). The lowest BCUT2D eigenvalue weighted by molar-refractivity contribution is -0.121. The molecule has 0 aliphatic carbocycles. The second-order valence-corrected chi connectivity index (χ2v) is 7.32. The molecule has 1 amide bonds. The van der Waals surface area contributed by atoms with Crippen LogP contribution in [0.15, 0.2) is 48.5 Å². The van der Waals surface area contributed by atoms with Gasteiger partial charge in [0.1, 0.15) is 17.2 Å². The van der Waals surface area contributed by atoms with Crippen LogP contribution in [0, 0.1) is 17.6 Å². The number of hydrogen-bond acceptors (Lipinski definition) is 3. The van der Waals surface area contributed by atoms with Gasteiger partial charge in [-0.2, -0.15) is 0 Å². The van der Waals surface area contributed by atoms with Crippen molar-refractivity contribution >= 4 is 5.91 Å². The van der Waals surface area contributed by atoms with Crippen LogP contribution in [0.2, 0.25) is 0 Å². The lowest BCUT2D eigenvalue weighted by Crippen LogP contribution is -2.45. The first-order valence-corrected chi connectivity index (χ1v) is 9.61. The van der Waals surface area contributed by atoms with E-state index in [0.717, 1.165) is 25.9 Å². The fourth-order valence-electron chi connectivity index (χ4n) is 4.01. The van der Waals surface area contributed by atoms with Crippen LogP contribution in [0.5, 0.6) is 0 Å². The molecule has 0 spiro atoms. The number of benzene rings is 2. The average molecular weight is 388 g/mol. The Kier molecular flexibility index (Phi) is 6.42. The van der Waals surface area contributed by atoms with Gasteiger partial charge in [-0.3, -0.25) is 4.79 Å². The minimum atomic E-state index is -1.33. The minimum absolute atomic E-state index is 0.0104. The normalized spacial score (nSPS) is 16.1. The van der Waals surface area contributed by atoms with Crippen LogP contribution >= 0.6 is 0 Å². The van der Waals surface area contributed by atoms with Crippen molar-refractivity contribution < 1.29 is 18.7 Å². The minimum Gasteiger partial charge on any atom is -0.380 e. The standard InChI is InChI=1S/C22H26F2N2O2/c1-25-21(27)12-15-26-13-10-18(11-14-26)22(28,16-2-6-19(23)7-3-16)17-4-8-20(24)9-5-17/h2-9,18,28H,10-15H2,1H3,(H,25,27). The summed E-state index contributed by atoms with van der Waals surface area (Å²) in [6.45, 7) is 2.19. The quantitative estimate of drug-likeness (QED) is 0.800. The fourth-order valence-corrected chi connectivity index (χ4v) is 4.01. The summed E-state index contributed by atoms with van der Waals surface area (Å²) in [5, 5.41) is 14.4.